The van der Waals surface area contributed by atoms with Crippen LogP contribution in [0.2, 0.25) is 0 Å². The van der Waals surface area contributed by atoms with Crippen LogP contribution >= 0.6 is 15.9 Å². The van der Waals surface area contributed by atoms with E-state index in [-0.39, 0.29) is 0 Å². The van der Waals surface area contributed by atoms with E-state index in [0.29, 0.717) is 6.04 Å². The number of ether oxygens (including phenoxy) is 1. The van der Waals surface area contributed by atoms with Crippen LogP contribution < -0.4 is 9.64 Å². The Bertz CT molecular complexity index is 480. The van der Waals surface area contributed by atoms with Crippen molar-refractivity contribution >= 4 is 21.6 Å². The number of piperazine rings is 1. The highest BCUT2D eigenvalue weighted by Gasteiger charge is 2.35. The van der Waals surface area contributed by atoms with Crippen molar-refractivity contribution in [1.29, 1.82) is 0 Å². The molecule has 2 aliphatic rings. The molecule has 2 unspecified atom stereocenters. The highest BCUT2D eigenvalue weighted by molar-refractivity contribution is 9.10. The fourth-order valence-corrected chi connectivity index (χ4v) is 4.05. The summed E-state index contributed by atoms with van der Waals surface area (Å²) in [5, 5.41) is 0. The van der Waals surface area contributed by atoms with Crippen molar-refractivity contribution in [3.8, 4) is 5.75 Å². The Morgan fingerprint density at radius 3 is 2.90 bits per heavy atom. The van der Waals surface area contributed by atoms with E-state index in [0.717, 1.165) is 22.8 Å². The molecule has 2 aliphatic heterocycles. The highest BCUT2D eigenvalue weighted by atomic mass is 79.9. The number of fused-ring (bicyclic) bond motifs is 1. The number of halogens is 1. The fraction of sp³-hybridized carbons (Fsp3) is 0.625. The van der Waals surface area contributed by atoms with Gasteiger partial charge in [-0.3, -0.25) is 4.90 Å². The van der Waals surface area contributed by atoms with Gasteiger partial charge < -0.3 is 9.64 Å². The van der Waals surface area contributed by atoms with Gasteiger partial charge in [-0.1, -0.05) is 22.9 Å². The summed E-state index contributed by atoms with van der Waals surface area (Å²) < 4.78 is 6.51. The summed E-state index contributed by atoms with van der Waals surface area (Å²) in [6.45, 7) is 5.94. The van der Waals surface area contributed by atoms with E-state index in [1.165, 1.54) is 38.0 Å². The van der Waals surface area contributed by atoms with Crippen LogP contribution in [0.4, 0.5) is 5.69 Å². The molecule has 20 heavy (non-hydrogen) atoms. The Morgan fingerprint density at radius 2 is 2.15 bits per heavy atom. The second kappa shape index (κ2) is 5.94. The molecule has 0 spiro atoms. The van der Waals surface area contributed by atoms with Crippen LogP contribution in [0, 0.1) is 0 Å². The molecule has 3 nitrogen and oxygen atoms in total. The van der Waals surface area contributed by atoms with Crippen molar-refractivity contribution in [3.05, 3.63) is 22.7 Å². The zero-order chi connectivity index (χ0) is 14.1. The van der Waals surface area contributed by atoms with Gasteiger partial charge in [0.25, 0.3) is 0 Å². The molecule has 0 saturated carbocycles. The average molecular weight is 339 g/mol. The Morgan fingerprint density at radius 1 is 1.30 bits per heavy atom. The highest BCUT2D eigenvalue weighted by Crippen LogP contribution is 2.33. The normalized spacial score (nSPS) is 26.6. The molecular formula is C16H23BrN2O. The molecule has 1 aromatic carbocycles. The minimum absolute atomic E-state index is 0.614. The Hall–Kier alpha value is -0.740. The van der Waals surface area contributed by atoms with Gasteiger partial charge in [-0.2, -0.15) is 0 Å². The second-order valence-electron chi connectivity index (χ2n) is 5.85. The van der Waals surface area contributed by atoms with Gasteiger partial charge in [0.2, 0.25) is 0 Å². The van der Waals surface area contributed by atoms with Crippen LogP contribution in [-0.4, -0.2) is 43.7 Å². The van der Waals surface area contributed by atoms with Crippen molar-refractivity contribution in [2.24, 2.45) is 0 Å². The van der Waals surface area contributed by atoms with Gasteiger partial charge in [0, 0.05) is 41.4 Å². The van der Waals surface area contributed by atoms with Gasteiger partial charge in [0.05, 0.1) is 7.11 Å². The van der Waals surface area contributed by atoms with Gasteiger partial charge >= 0.3 is 0 Å². The lowest BCUT2D eigenvalue weighted by molar-refractivity contribution is 0.194. The van der Waals surface area contributed by atoms with E-state index in [9.17, 15) is 0 Å². The number of anilines is 1. The SMILES string of the molecule is CCC1CN2CCCC2CN1c1cc(Br)cc(OC)c1. The third kappa shape index (κ3) is 2.68. The first-order chi connectivity index (χ1) is 9.71. The summed E-state index contributed by atoms with van der Waals surface area (Å²) in [5.74, 6) is 0.929. The molecule has 1 aromatic rings. The molecule has 0 amide bonds. The van der Waals surface area contributed by atoms with Crippen LogP contribution in [0.5, 0.6) is 5.75 Å². The first-order valence-corrected chi connectivity index (χ1v) is 8.36. The molecule has 2 fully saturated rings. The number of nitrogens with zero attached hydrogens (tertiary/aromatic N) is 2. The molecule has 0 aliphatic carbocycles. The van der Waals surface area contributed by atoms with Crippen molar-refractivity contribution in [3.63, 3.8) is 0 Å². The minimum atomic E-state index is 0.614. The van der Waals surface area contributed by atoms with Crippen LogP contribution in [0.3, 0.4) is 0 Å². The predicted molar refractivity (Wildman–Crippen MR) is 86.7 cm³/mol. The predicted octanol–water partition coefficient (Wildman–Crippen LogP) is 3.52. The summed E-state index contributed by atoms with van der Waals surface area (Å²) in [5.41, 5.74) is 1.29. The molecule has 2 atom stereocenters. The lowest BCUT2D eigenvalue weighted by atomic mass is 10.0. The van der Waals surface area contributed by atoms with Gasteiger partial charge in [-0.25, -0.2) is 0 Å². The van der Waals surface area contributed by atoms with Crippen LogP contribution in [0.25, 0.3) is 0 Å². The molecular weight excluding hydrogens is 316 g/mol. The number of methoxy groups -OCH3 is 1. The van der Waals surface area contributed by atoms with E-state index in [1.807, 2.05) is 6.07 Å². The lowest BCUT2D eigenvalue weighted by Gasteiger charge is -2.45. The number of rotatable bonds is 3. The third-order valence-corrected chi connectivity index (χ3v) is 5.15. The molecule has 0 bridgehead atoms. The van der Waals surface area contributed by atoms with Crippen LogP contribution in [-0.2, 0) is 0 Å². The maximum absolute atomic E-state index is 5.41. The summed E-state index contributed by atoms with van der Waals surface area (Å²) >= 11 is 3.60. The zero-order valence-electron chi connectivity index (χ0n) is 12.3. The first-order valence-electron chi connectivity index (χ1n) is 7.56. The van der Waals surface area contributed by atoms with E-state index in [1.54, 1.807) is 7.11 Å². The Kier molecular flexibility index (Phi) is 4.22. The molecule has 110 valence electrons. The van der Waals surface area contributed by atoms with Gasteiger partial charge in [0.15, 0.2) is 0 Å². The number of hydrogen-bond acceptors (Lipinski definition) is 3. The van der Waals surface area contributed by atoms with E-state index in [4.69, 9.17) is 4.74 Å². The standard InChI is InChI=1S/C16H23BrN2O/c1-3-13-10-18-6-4-5-14(18)11-19(13)15-7-12(17)8-16(9-15)20-2/h7-9,13-14H,3-6,10-11H2,1-2H3. The molecule has 0 radical (unpaired) electrons. The smallest absolute Gasteiger partial charge is 0.122 e. The summed E-state index contributed by atoms with van der Waals surface area (Å²) in [7, 11) is 1.73. The van der Waals surface area contributed by atoms with Crippen molar-refractivity contribution in [2.45, 2.75) is 38.3 Å². The molecule has 2 saturated heterocycles. The minimum Gasteiger partial charge on any atom is -0.497 e. The topological polar surface area (TPSA) is 15.7 Å². The van der Waals surface area contributed by atoms with Crippen LogP contribution in [0.15, 0.2) is 22.7 Å². The molecule has 0 N–H and O–H groups in total. The summed E-state index contributed by atoms with van der Waals surface area (Å²) in [6.07, 6.45) is 3.90. The molecule has 3 rings (SSSR count). The average Bonchev–Trinajstić information content (AvgIpc) is 2.92. The third-order valence-electron chi connectivity index (χ3n) is 4.69. The van der Waals surface area contributed by atoms with Gasteiger partial charge in [-0.05, 0) is 37.9 Å². The maximum Gasteiger partial charge on any atom is 0.122 e. The largest absolute Gasteiger partial charge is 0.497 e. The van der Waals surface area contributed by atoms with E-state index < -0.39 is 0 Å². The number of benzene rings is 1. The molecule has 0 aromatic heterocycles. The van der Waals surface area contributed by atoms with E-state index in [2.05, 4.69) is 44.8 Å². The van der Waals surface area contributed by atoms with E-state index >= 15 is 0 Å². The van der Waals surface area contributed by atoms with Gasteiger partial charge in [-0.15, -0.1) is 0 Å². The van der Waals surface area contributed by atoms with Crippen LogP contribution in [0.1, 0.15) is 26.2 Å². The Labute approximate surface area is 130 Å². The molecule has 4 heteroatoms. The number of hydrogen-bond donors (Lipinski definition) is 0. The zero-order valence-corrected chi connectivity index (χ0v) is 13.9. The first kappa shape index (κ1) is 14.2. The van der Waals surface area contributed by atoms with Gasteiger partial charge in [0.1, 0.15) is 5.75 Å². The monoisotopic (exact) mass is 338 g/mol. The molecule has 2 heterocycles. The van der Waals surface area contributed by atoms with Crippen molar-refractivity contribution in [2.75, 3.05) is 31.6 Å². The summed E-state index contributed by atoms with van der Waals surface area (Å²) in [6, 6.07) is 7.76. The second-order valence-corrected chi connectivity index (χ2v) is 6.77. The lowest BCUT2D eigenvalue weighted by Crippen LogP contribution is -2.56. The summed E-state index contributed by atoms with van der Waals surface area (Å²) in [4.78, 5) is 5.26. The maximum atomic E-state index is 5.41. The van der Waals surface area contributed by atoms with Crippen molar-refractivity contribution in [1.82, 2.24) is 4.90 Å². The fourth-order valence-electron chi connectivity index (χ4n) is 3.58. The Balaban J connectivity index is 1.88. The van der Waals surface area contributed by atoms with Crippen molar-refractivity contribution < 1.29 is 4.74 Å². The quantitative estimate of drug-likeness (QED) is 0.838.